The molecule has 0 radical (unpaired) electrons. The lowest BCUT2D eigenvalue weighted by Gasteiger charge is -2.14. The van der Waals surface area contributed by atoms with Crippen LogP contribution in [0.1, 0.15) is 31.0 Å². The van der Waals surface area contributed by atoms with Crippen LogP contribution >= 0.6 is 0 Å². The lowest BCUT2D eigenvalue weighted by Crippen LogP contribution is -2.35. The van der Waals surface area contributed by atoms with Crippen molar-refractivity contribution in [2.45, 2.75) is 26.8 Å². The highest BCUT2D eigenvalue weighted by Gasteiger charge is 2.08. The summed E-state index contributed by atoms with van der Waals surface area (Å²) in [7, 11) is 0. The Morgan fingerprint density at radius 1 is 1.31 bits per heavy atom. The van der Waals surface area contributed by atoms with Crippen LogP contribution in [0.2, 0.25) is 0 Å². The summed E-state index contributed by atoms with van der Waals surface area (Å²) >= 11 is 0. The second-order valence-corrected chi connectivity index (χ2v) is 3.98. The molecule has 1 rings (SSSR count). The molecule has 88 valence electrons. The van der Waals surface area contributed by atoms with Gasteiger partial charge in [-0.15, -0.1) is 0 Å². The third-order valence-electron chi connectivity index (χ3n) is 2.49. The smallest absolute Gasteiger partial charge is 0.234 e. The Morgan fingerprint density at radius 3 is 2.50 bits per heavy atom. The quantitative estimate of drug-likeness (QED) is 0.794. The molecular formula is C13H20N2O. The molecule has 1 aromatic rings. The zero-order chi connectivity index (χ0) is 12.0. The van der Waals surface area contributed by atoms with Crippen molar-refractivity contribution in [3.05, 3.63) is 35.4 Å². The van der Waals surface area contributed by atoms with Crippen LogP contribution in [0.5, 0.6) is 0 Å². The number of carbonyl (C=O) groups is 1. The first-order valence-corrected chi connectivity index (χ1v) is 5.70. The van der Waals surface area contributed by atoms with Crippen LogP contribution in [-0.2, 0) is 4.79 Å². The molecule has 0 aliphatic rings. The largest absolute Gasteiger partial charge is 0.348 e. The highest BCUT2D eigenvalue weighted by atomic mass is 16.1. The van der Waals surface area contributed by atoms with E-state index in [2.05, 4.69) is 29.7 Å². The van der Waals surface area contributed by atoms with Crippen molar-refractivity contribution in [2.75, 3.05) is 13.1 Å². The van der Waals surface area contributed by atoms with Crippen LogP contribution in [0, 0.1) is 6.92 Å². The number of hydrogen-bond acceptors (Lipinski definition) is 2. The number of rotatable bonds is 5. The molecule has 0 heterocycles. The Balaban J connectivity index is 2.48. The minimum atomic E-state index is 0.0370. The molecule has 2 N–H and O–H groups in total. The molecule has 0 fully saturated rings. The van der Waals surface area contributed by atoms with E-state index in [-0.39, 0.29) is 11.9 Å². The second-order valence-electron chi connectivity index (χ2n) is 3.98. The maximum atomic E-state index is 11.5. The summed E-state index contributed by atoms with van der Waals surface area (Å²) in [5, 5.41) is 5.95. The molecule has 0 saturated heterocycles. The van der Waals surface area contributed by atoms with Gasteiger partial charge in [-0.3, -0.25) is 4.79 Å². The lowest BCUT2D eigenvalue weighted by atomic mass is 10.1. The highest BCUT2D eigenvalue weighted by Crippen LogP contribution is 2.12. The number of aryl methyl sites for hydroxylation is 1. The van der Waals surface area contributed by atoms with Gasteiger partial charge >= 0.3 is 0 Å². The molecule has 0 aromatic heterocycles. The van der Waals surface area contributed by atoms with E-state index in [1.165, 1.54) is 5.56 Å². The lowest BCUT2D eigenvalue weighted by molar-refractivity contribution is -0.120. The Bertz CT molecular complexity index is 332. The normalized spacial score (nSPS) is 12.2. The van der Waals surface area contributed by atoms with E-state index in [9.17, 15) is 4.79 Å². The second kappa shape index (κ2) is 6.28. The van der Waals surface area contributed by atoms with Gasteiger partial charge in [-0.2, -0.15) is 0 Å². The molecule has 1 aromatic carbocycles. The van der Waals surface area contributed by atoms with E-state index in [4.69, 9.17) is 0 Å². The molecule has 0 saturated carbocycles. The third-order valence-corrected chi connectivity index (χ3v) is 2.49. The van der Waals surface area contributed by atoms with Crippen LogP contribution < -0.4 is 10.6 Å². The first-order valence-electron chi connectivity index (χ1n) is 5.70. The van der Waals surface area contributed by atoms with E-state index in [0.29, 0.717) is 6.54 Å². The van der Waals surface area contributed by atoms with Gasteiger partial charge in [0, 0.05) is 0 Å². The van der Waals surface area contributed by atoms with Crippen LogP contribution in [0.4, 0.5) is 0 Å². The minimum Gasteiger partial charge on any atom is -0.348 e. The first-order chi connectivity index (χ1) is 7.63. The molecule has 0 unspecified atom stereocenters. The molecule has 16 heavy (non-hydrogen) atoms. The summed E-state index contributed by atoms with van der Waals surface area (Å²) in [6.07, 6.45) is 0. The van der Waals surface area contributed by atoms with Gasteiger partial charge in [0.1, 0.15) is 0 Å². The van der Waals surface area contributed by atoms with Gasteiger partial charge in [-0.1, -0.05) is 36.8 Å². The summed E-state index contributed by atoms with van der Waals surface area (Å²) in [4.78, 5) is 11.5. The third kappa shape index (κ3) is 4.03. The number of nitrogens with one attached hydrogen (secondary N) is 2. The molecule has 0 aliphatic carbocycles. The minimum absolute atomic E-state index is 0.0370. The van der Waals surface area contributed by atoms with E-state index in [1.807, 2.05) is 26.0 Å². The van der Waals surface area contributed by atoms with E-state index in [0.717, 1.165) is 12.1 Å². The fourth-order valence-electron chi connectivity index (χ4n) is 1.47. The number of hydrogen-bond donors (Lipinski definition) is 2. The summed E-state index contributed by atoms with van der Waals surface area (Å²) in [5.41, 5.74) is 2.37. The Labute approximate surface area is 97.2 Å². The van der Waals surface area contributed by atoms with Crippen LogP contribution in [0.25, 0.3) is 0 Å². The summed E-state index contributed by atoms with van der Waals surface area (Å²) in [6.45, 7) is 7.22. The van der Waals surface area contributed by atoms with Crippen LogP contribution in [-0.4, -0.2) is 19.0 Å². The topological polar surface area (TPSA) is 41.1 Å². The van der Waals surface area contributed by atoms with Crippen LogP contribution in [0.3, 0.4) is 0 Å². The molecule has 1 amide bonds. The van der Waals surface area contributed by atoms with Gasteiger partial charge in [0.25, 0.3) is 0 Å². The average Bonchev–Trinajstić information content (AvgIpc) is 2.27. The maximum absolute atomic E-state index is 11.5. The van der Waals surface area contributed by atoms with Crippen molar-refractivity contribution < 1.29 is 4.79 Å². The maximum Gasteiger partial charge on any atom is 0.234 e. The Hall–Kier alpha value is -1.35. The first kappa shape index (κ1) is 12.7. The summed E-state index contributed by atoms with van der Waals surface area (Å²) in [5.74, 6) is 0.0370. The number of likely N-dealkylation sites (N-methyl/N-ethyl adjacent to an activating group) is 1. The monoisotopic (exact) mass is 220 g/mol. The fourth-order valence-corrected chi connectivity index (χ4v) is 1.47. The fraction of sp³-hybridized carbons (Fsp3) is 0.462. The van der Waals surface area contributed by atoms with Gasteiger partial charge in [0.2, 0.25) is 5.91 Å². The molecule has 1 atom stereocenters. The zero-order valence-corrected chi connectivity index (χ0v) is 10.2. The van der Waals surface area contributed by atoms with Crippen molar-refractivity contribution in [2.24, 2.45) is 0 Å². The number of carbonyl (C=O) groups excluding carboxylic acids is 1. The number of amides is 1. The predicted octanol–water partition coefficient (Wildman–Crippen LogP) is 1.78. The molecular weight excluding hydrogens is 200 g/mol. The van der Waals surface area contributed by atoms with Gasteiger partial charge in [-0.05, 0) is 26.0 Å². The van der Waals surface area contributed by atoms with Crippen molar-refractivity contribution in [1.82, 2.24) is 10.6 Å². The Kier molecular flexibility index (Phi) is 4.99. The summed E-state index contributed by atoms with van der Waals surface area (Å²) < 4.78 is 0. The average molecular weight is 220 g/mol. The molecule has 0 aliphatic heterocycles. The van der Waals surface area contributed by atoms with Crippen LogP contribution in [0.15, 0.2) is 24.3 Å². The van der Waals surface area contributed by atoms with E-state index >= 15 is 0 Å². The van der Waals surface area contributed by atoms with Crippen molar-refractivity contribution in [1.29, 1.82) is 0 Å². The van der Waals surface area contributed by atoms with Crippen molar-refractivity contribution in [3.63, 3.8) is 0 Å². The van der Waals surface area contributed by atoms with E-state index < -0.39 is 0 Å². The van der Waals surface area contributed by atoms with Gasteiger partial charge < -0.3 is 10.6 Å². The van der Waals surface area contributed by atoms with E-state index in [1.54, 1.807) is 0 Å². The van der Waals surface area contributed by atoms with Crippen molar-refractivity contribution in [3.8, 4) is 0 Å². The van der Waals surface area contributed by atoms with Gasteiger partial charge in [-0.25, -0.2) is 0 Å². The zero-order valence-electron chi connectivity index (χ0n) is 10.2. The standard InChI is InChI=1S/C13H20N2O/c1-4-14-9-13(16)15-11(3)12-7-5-10(2)6-8-12/h5-8,11,14H,4,9H2,1-3H3,(H,15,16)/t11-/m1/s1. The van der Waals surface area contributed by atoms with Gasteiger partial charge in [0.05, 0.1) is 12.6 Å². The molecule has 3 heteroatoms. The van der Waals surface area contributed by atoms with Crippen molar-refractivity contribution >= 4 is 5.91 Å². The highest BCUT2D eigenvalue weighted by molar-refractivity contribution is 5.78. The summed E-state index contributed by atoms with van der Waals surface area (Å²) in [6, 6.07) is 8.28. The SMILES string of the molecule is CCNCC(=O)N[C@H](C)c1ccc(C)cc1. The Morgan fingerprint density at radius 2 is 1.94 bits per heavy atom. The molecule has 3 nitrogen and oxygen atoms in total. The number of benzene rings is 1. The van der Waals surface area contributed by atoms with Gasteiger partial charge in [0.15, 0.2) is 0 Å². The molecule has 0 bridgehead atoms. The predicted molar refractivity (Wildman–Crippen MR) is 66.3 cm³/mol. The molecule has 0 spiro atoms.